The van der Waals surface area contributed by atoms with Gasteiger partial charge in [-0.15, -0.1) is 0 Å². The lowest BCUT2D eigenvalue weighted by Crippen LogP contribution is -2.33. The maximum Gasteiger partial charge on any atom is 0.224 e. The molecule has 0 radical (unpaired) electrons. The smallest absolute Gasteiger partial charge is 0.224 e. The van der Waals surface area contributed by atoms with Gasteiger partial charge in [0.2, 0.25) is 5.95 Å². The molecular formula is C10H13BrN6O4. The van der Waals surface area contributed by atoms with Gasteiger partial charge < -0.3 is 31.5 Å². The van der Waals surface area contributed by atoms with Crippen molar-refractivity contribution in [1.82, 2.24) is 19.5 Å². The van der Waals surface area contributed by atoms with Crippen LogP contribution in [0.5, 0.6) is 0 Å². The van der Waals surface area contributed by atoms with Crippen molar-refractivity contribution in [2.24, 2.45) is 0 Å². The molecule has 21 heavy (non-hydrogen) atoms. The molecule has 1 saturated heterocycles. The second-order valence-corrected chi connectivity index (χ2v) is 5.33. The number of anilines is 2. The van der Waals surface area contributed by atoms with Crippen molar-refractivity contribution >= 4 is 38.9 Å². The van der Waals surface area contributed by atoms with Crippen LogP contribution in [0.25, 0.3) is 11.2 Å². The minimum atomic E-state index is -1.27. The highest BCUT2D eigenvalue weighted by Crippen LogP contribution is 2.35. The molecule has 0 aliphatic carbocycles. The molecule has 10 nitrogen and oxygen atoms in total. The first-order valence-corrected chi connectivity index (χ1v) is 6.82. The summed E-state index contributed by atoms with van der Waals surface area (Å²) in [6.07, 6.45) is -4.41. The minimum absolute atomic E-state index is 0.0552. The molecule has 0 bridgehead atoms. The fourth-order valence-electron chi connectivity index (χ4n) is 2.30. The Labute approximate surface area is 126 Å². The molecule has 2 aromatic rings. The van der Waals surface area contributed by atoms with Crippen LogP contribution in [0.15, 0.2) is 4.73 Å². The summed E-state index contributed by atoms with van der Waals surface area (Å²) in [7, 11) is 0. The van der Waals surface area contributed by atoms with E-state index in [1.165, 1.54) is 4.57 Å². The van der Waals surface area contributed by atoms with E-state index in [1.54, 1.807) is 0 Å². The fourth-order valence-corrected chi connectivity index (χ4v) is 2.85. The predicted molar refractivity (Wildman–Crippen MR) is 74.9 cm³/mol. The zero-order valence-corrected chi connectivity index (χ0v) is 12.2. The predicted octanol–water partition coefficient (Wildman–Crippen LogP) is -1.64. The largest absolute Gasteiger partial charge is 0.394 e. The van der Waals surface area contributed by atoms with Crippen LogP contribution in [0.2, 0.25) is 0 Å². The van der Waals surface area contributed by atoms with Crippen LogP contribution in [0, 0.1) is 0 Å². The number of aliphatic hydroxyl groups is 3. The van der Waals surface area contributed by atoms with E-state index < -0.39 is 31.1 Å². The van der Waals surface area contributed by atoms with Crippen molar-refractivity contribution in [1.29, 1.82) is 0 Å². The number of ether oxygens (including phenoxy) is 1. The van der Waals surface area contributed by atoms with Crippen molar-refractivity contribution in [3.05, 3.63) is 4.73 Å². The Morgan fingerprint density at radius 3 is 2.52 bits per heavy atom. The topological polar surface area (TPSA) is 166 Å². The number of nitrogen functional groups attached to an aromatic ring is 2. The van der Waals surface area contributed by atoms with Crippen LogP contribution in [0.4, 0.5) is 11.8 Å². The molecule has 11 heteroatoms. The van der Waals surface area contributed by atoms with Crippen LogP contribution in [-0.4, -0.2) is 59.8 Å². The Morgan fingerprint density at radius 2 is 1.90 bits per heavy atom. The lowest BCUT2D eigenvalue weighted by molar-refractivity contribution is -0.0521. The van der Waals surface area contributed by atoms with Crippen molar-refractivity contribution in [2.45, 2.75) is 24.5 Å². The summed E-state index contributed by atoms with van der Waals surface area (Å²) in [6.45, 7) is -0.432. The third-order valence-electron chi connectivity index (χ3n) is 3.31. The summed E-state index contributed by atoms with van der Waals surface area (Å²) in [5, 5.41) is 29.1. The third-order valence-corrected chi connectivity index (χ3v) is 3.87. The maximum absolute atomic E-state index is 10.1. The average Bonchev–Trinajstić information content (AvgIpc) is 2.89. The van der Waals surface area contributed by atoms with Gasteiger partial charge in [-0.3, -0.25) is 4.57 Å². The van der Waals surface area contributed by atoms with Crippen LogP contribution < -0.4 is 11.5 Å². The Balaban J connectivity index is 2.15. The number of halogens is 1. The molecule has 3 rings (SSSR count). The molecule has 2 aromatic heterocycles. The summed E-state index contributed by atoms with van der Waals surface area (Å²) < 4.78 is 7.12. The van der Waals surface area contributed by atoms with Crippen LogP contribution in [0.1, 0.15) is 6.23 Å². The normalized spacial score (nSPS) is 29.3. The van der Waals surface area contributed by atoms with Crippen molar-refractivity contribution in [3.63, 3.8) is 0 Å². The SMILES string of the molecule is Nc1nc(N)c2nc(Br)n(C3OC(CO)C(O)C3O)c2n1. The zero-order chi connectivity index (χ0) is 15.3. The summed E-state index contributed by atoms with van der Waals surface area (Å²) in [5.41, 5.74) is 11.8. The number of rotatable bonds is 2. The zero-order valence-electron chi connectivity index (χ0n) is 10.6. The number of hydrogen-bond donors (Lipinski definition) is 5. The molecule has 4 unspecified atom stereocenters. The van der Waals surface area contributed by atoms with E-state index in [0.717, 1.165) is 0 Å². The highest BCUT2D eigenvalue weighted by molar-refractivity contribution is 9.10. The molecule has 0 aromatic carbocycles. The molecule has 1 fully saturated rings. The first-order chi connectivity index (χ1) is 9.93. The highest BCUT2D eigenvalue weighted by atomic mass is 79.9. The van der Waals surface area contributed by atoms with E-state index in [1.807, 2.05) is 0 Å². The number of imidazole rings is 1. The van der Waals surface area contributed by atoms with Gasteiger partial charge in [0, 0.05) is 0 Å². The lowest BCUT2D eigenvalue weighted by Gasteiger charge is -2.17. The Kier molecular flexibility index (Phi) is 3.45. The fraction of sp³-hybridized carbons (Fsp3) is 0.500. The molecule has 114 valence electrons. The van der Waals surface area contributed by atoms with E-state index in [9.17, 15) is 10.2 Å². The van der Waals surface area contributed by atoms with Crippen molar-refractivity contribution in [3.8, 4) is 0 Å². The summed E-state index contributed by atoms with van der Waals surface area (Å²) in [6, 6.07) is 0. The summed E-state index contributed by atoms with van der Waals surface area (Å²) >= 11 is 3.22. The van der Waals surface area contributed by atoms with Gasteiger partial charge in [0.25, 0.3) is 0 Å². The Morgan fingerprint density at radius 1 is 1.19 bits per heavy atom. The summed E-state index contributed by atoms with van der Waals surface area (Å²) in [4.78, 5) is 12.0. The molecule has 1 aliphatic heterocycles. The van der Waals surface area contributed by atoms with Gasteiger partial charge in [0.15, 0.2) is 27.9 Å². The molecule has 4 atom stereocenters. The molecule has 7 N–H and O–H groups in total. The van der Waals surface area contributed by atoms with Gasteiger partial charge in [0.05, 0.1) is 6.61 Å². The number of fused-ring (bicyclic) bond motifs is 1. The number of aromatic nitrogens is 4. The van der Waals surface area contributed by atoms with Crippen LogP contribution in [0.3, 0.4) is 0 Å². The van der Waals surface area contributed by atoms with Gasteiger partial charge in [-0.05, 0) is 15.9 Å². The van der Waals surface area contributed by atoms with E-state index in [4.69, 9.17) is 21.3 Å². The first kappa shape index (κ1) is 14.4. The standard InChI is InChI=1S/C10H13BrN6O4/c11-9-14-3-6(12)15-10(13)16-7(3)17(9)8-5(20)4(19)2(1-18)21-8/h2,4-5,8,18-20H,1H2,(H4,12,13,15,16). The molecule has 1 aliphatic rings. The second kappa shape index (κ2) is 5.03. The van der Waals surface area contributed by atoms with Crippen molar-refractivity contribution in [2.75, 3.05) is 18.1 Å². The van der Waals surface area contributed by atoms with E-state index in [-0.39, 0.29) is 27.7 Å². The van der Waals surface area contributed by atoms with E-state index in [2.05, 4.69) is 30.9 Å². The molecule has 0 amide bonds. The average molecular weight is 361 g/mol. The van der Waals surface area contributed by atoms with Gasteiger partial charge in [0.1, 0.15) is 18.3 Å². The van der Waals surface area contributed by atoms with Gasteiger partial charge in [-0.25, -0.2) is 4.98 Å². The lowest BCUT2D eigenvalue weighted by atomic mass is 10.1. The Bertz CT molecular complexity index is 694. The quantitative estimate of drug-likeness (QED) is 0.395. The highest BCUT2D eigenvalue weighted by Gasteiger charge is 2.44. The number of aliphatic hydroxyl groups excluding tert-OH is 3. The number of nitrogens with zero attached hydrogens (tertiary/aromatic N) is 4. The summed E-state index contributed by atoms with van der Waals surface area (Å²) in [5.74, 6) is 0.0316. The van der Waals surface area contributed by atoms with Crippen LogP contribution in [-0.2, 0) is 4.74 Å². The first-order valence-electron chi connectivity index (χ1n) is 6.03. The maximum atomic E-state index is 10.1. The molecule has 0 saturated carbocycles. The minimum Gasteiger partial charge on any atom is -0.394 e. The molecule has 0 spiro atoms. The number of nitrogens with two attached hydrogens (primary N) is 2. The van der Waals surface area contributed by atoms with E-state index in [0.29, 0.717) is 0 Å². The number of hydrogen-bond acceptors (Lipinski definition) is 9. The van der Waals surface area contributed by atoms with Gasteiger partial charge in [-0.2, -0.15) is 9.97 Å². The van der Waals surface area contributed by atoms with Crippen LogP contribution >= 0.6 is 15.9 Å². The third kappa shape index (κ3) is 2.13. The molecule has 3 heterocycles. The second-order valence-electron chi connectivity index (χ2n) is 4.62. The van der Waals surface area contributed by atoms with Gasteiger partial charge in [-0.1, -0.05) is 0 Å². The van der Waals surface area contributed by atoms with Crippen molar-refractivity contribution < 1.29 is 20.1 Å². The molecular weight excluding hydrogens is 348 g/mol. The van der Waals surface area contributed by atoms with E-state index >= 15 is 0 Å². The van der Waals surface area contributed by atoms with Gasteiger partial charge >= 0.3 is 0 Å². The monoisotopic (exact) mass is 360 g/mol. The Hall–Kier alpha value is -1.53.